The number of alkyl halides is 4. The summed E-state index contributed by atoms with van der Waals surface area (Å²) in [6, 6.07) is -0.928. The van der Waals surface area contributed by atoms with Crippen molar-refractivity contribution in [3.63, 3.8) is 0 Å². The van der Waals surface area contributed by atoms with Crippen molar-refractivity contribution in [1.29, 1.82) is 0 Å². The van der Waals surface area contributed by atoms with Gasteiger partial charge in [-0.25, -0.2) is 0 Å². The Kier molecular flexibility index (Phi) is 4.35. The topological polar surface area (TPSA) is 37.4 Å². The van der Waals surface area contributed by atoms with Crippen LogP contribution in [-0.2, 0) is 9.59 Å². The molecule has 1 unspecified atom stereocenters. The van der Waals surface area contributed by atoms with Gasteiger partial charge < -0.3 is 4.90 Å². The molecule has 16 heavy (non-hydrogen) atoms. The first-order valence-corrected chi connectivity index (χ1v) is 5.96. The number of carbonyl (C=O) groups is 2. The van der Waals surface area contributed by atoms with Gasteiger partial charge in [0.2, 0.25) is 0 Å². The molecule has 1 rings (SSSR count). The summed E-state index contributed by atoms with van der Waals surface area (Å²) in [6.45, 7) is 0.00174. The van der Waals surface area contributed by atoms with Crippen LogP contribution >= 0.6 is 15.9 Å². The van der Waals surface area contributed by atoms with Gasteiger partial charge in [-0.1, -0.05) is 15.9 Å². The Bertz CT molecular complexity index is 293. The van der Waals surface area contributed by atoms with E-state index in [1.54, 1.807) is 0 Å². The van der Waals surface area contributed by atoms with Gasteiger partial charge in [0.1, 0.15) is 0 Å². The molecule has 1 aliphatic heterocycles. The lowest BCUT2D eigenvalue weighted by Crippen LogP contribution is -2.52. The van der Waals surface area contributed by atoms with Crippen molar-refractivity contribution in [2.24, 2.45) is 0 Å². The molecule has 0 N–H and O–H groups in total. The lowest BCUT2D eigenvalue weighted by molar-refractivity contribution is -0.189. The molecular formula is C9H11BrF3NO2. The van der Waals surface area contributed by atoms with Crippen LogP contribution in [0.1, 0.15) is 19.3 Å². The van der Waals surface area contributed by atoms with Crippen LogP contribution < -0.4 is 0 Å². The smallest absolute Gasteiger partial charge is 0.325 e. The summed E-state index contributed by atoms with van der Waals surface area (Å²) in [7, 11) is 0. The van der Waals surface area contributed by atoms with Crippen LogP contribution in [0.3, 0.4) is 0 Å². The van der Waals surface area contributed by atoms with Gasteiger partial charge in [0.05, 0.1) is 11.4 Å². The number of ketones is 1. The minimum atomic E-state index is -4.90. The Labute approximate surface area is 99.1 Å². The van der Waals surface area contributed by atoms with E-state index >= 15 is 0 Å². The molecule has 1 heterocycles. The lowest BCUT2D eigenvalue weighted by Gasteiger charge is -2.34. The molecule has 7 heteroatoms. The highest BCUT2D eigenvalue weighted by atomic mass is 79.9. The average Bonchev–Trinajstić information content (AvgIpc) is 2.25. The summed E-state index contributed by atoms with van der Waals surface area (Å²) in [4.78, 5) is 23.1. The van der Waals surface area contributed by atoms with E-state index in [2.05, 4.69) is 15.9 Å². The van der Waals surface area contributed by atoms with Gasteiger partial charge in [-0.05, 0) is 19.3 Å². The van der Waals surface area contributed by atoms with Crippen molar-refractivity contribution in [2.45, 2.75) is 31.5 Å². The lowest BCUT2D eigenvalue weighted by atomic mass is 9.99. The molecule has 3 nitrogen and oxygen atoms in total. The Hall–Kier alpha value is -0.590. The molecule has 1 saturated heterocycles. The Balaban J connectivity index is 2.82. The second-order valence-corrected chi connectivity index (χ2v) is 4.17. The van der Waals surface area contributed by atoms with E-state index in [4.69, 9.17) is 0 Å². The zero-order valence-electron chi connectivity index (χ0n) is 8.39. The molecular weight excluding hydrogens is 291 g/mol. The number of amides is 1. The van der Waals surface area contributed by atoms with Crippen molar-refractivity contribution in [2.75, 3.05) is 11.9 Å². The molecule has 92 valence electrons. The van der Waals surface area contributed by atoms with E-state index in [9.17, 15) is 22.8 Å². The number of carbonyl (C=O) groups excluding carboxylic acids is 2. The first-order valence-electron chi connectivity index (χ1n) is 4.84. The number of nitrogens with zero attached hydrogens (tertiary/aromatic N) is 1. The second-order valence-electron chi connectivity index (χ2n) is 3.61. The van der Waals surface area contributed by atoms with Gasteiger partial charge in [0.25, 0.3) is 0 Å². The predicted octanol–water partition coefficient (Wildman–Crippen LogP) is 1.89. The Morgan fingerprint density at radius 1 is 1.31 bits per heavy atom. The third kappa shape index (κ3) is 2.96. The average molecular weight is 302 g/mol. The van der Waals surface area contributed by atoms with Crippen LogP contribution in [0.5, 0.6) is 0 Å². The molecule has 0 bridgehead atoms. The monoisotopic (exact) mass is 301 g/mol. The summed E-state index contributed by atoms with van der Waals surface area (Å²) in [5, 5.41) is -0.0285. The van der Waals surface area contributed by atoms with Crippen molar-refractivity contribution >= 4 is 27.6 Å². The molecule has 1 fully saturated rings. The standard InChI is InChI=1S/C9H11BrF3NO2/c10-5-7(15)6-3-1-2-4-14(6)8(16)9(11,12)13/h6H,1-5H2. The molecule has 1 atom stereocenters. The van der Waals surface area contributed by atoms with Crippen molar-refractivity contribution < 1.29 is 22.8 Å². The van der Waals surface area contributed by atoms with E-state index in [0.717, 1.165) is 0 Å². The normalized spacial score (nSPS) is 22.0. The number of likely N-dealkylation sites (tertiary alicyclic amines) is 1. The number of Topliss-reactive ketones (excluding diaryl/α,β-unsaturated/α-hetero) is 1. The summed E-state index contributed by atoms with van der Waals surface area (Å²) < 4.78 is 36.8. The number of rotatable bonds is 2. The van der Waals surface area contributed by atoms with Gasteiger partial charge in [-0.15, -0.1) is 0 Å². The molecule has 1 amide bonds. The predicted molar refractivity (Wildman–Crippen MR) is 54.2 cm³/mol. The number of hydrogen-bond donors (Lipinski definition) is 0. The fourth-order valence-corrected chi connectivity index (χ4v) is 2.13. The van der Waals surface area contributed by atoms with E-state index in [1.807, 2.05) is 0 Å². The highest BCUT2D eigenvalue weighted by Crippen LogP contribution is 2.25. The van der Waals surface area contributed by atoms with Crippen LogP contribution in [0.2, 0.25) is 0 Å². The Morgan fingerprint density at radius 3 is 2.44 bits per heavy atom. The molecule has 0 saturated carbocycles. The molecule has 0 radical (unpaired) electrons. The van der Waals surface area contributed by atoms with Gasteiger partial charge in [-0.2, -0.15) is 13.2 Å². The number of hydrogen-bond acceptors (Lipinski definition) is 2. The van der Waals surface area contributed by atoms with Gasteiger partial charge in [0.15, 0.2) is 5.78 Å². The minimum Gasteiger partial charge on any atom is -0.325 e. The third-order valence-electron chi connectivity index (χ3n) is 2.51. The zero-order chi connectivity index (χ0) is 12.3. The Morgan fingerprint density at radius 2 is 1.94 bits per heavy atom. The molecule has 0 aliphatic carbocycles. The summed E-state index contributed by atoms with van der Waals surface area (Å²) in [6.07, 6.45) is -3.41. The molecule has 0 spiro atoms. The molecule has 0 aromatic heterocycles. The maximum atomic E-state index is 12.3. The van der Waals surface area contributed by atoms with Crippen molar-refractivity contribution in [1.82, 2.24) is 4.90 Å². The minimum absolute atomic E-state index is 0.00174. The van der Waals surface area contributed by atoms with Gasteiger partial charge in [-0.3, -0.25) is 9.59 Å². The maximum Gasteiger partial charge on any atom is 0.471 e. The van der Waals surface area contributed by atoms with Gasteiger partial charge >= 0.3 is 12.1 Å². The maximum absolute atomic E-state index is 12.3. The highest BCUT2D eigenvalue weighted by molar-refractivity contribution is 9.09. The fourth-order valence-electron chi connectivity index (χ4n) is 1.76. The van der Waals surface area contributed by atoms with Crippen molar-refractivity contribution in [3.05, 3.63) is 0 Å². The summed E-state index contributed by atoms with van der Waals surface area (Å²) in [5.74, 6) is -2.29. The highest BCUT2D eigenvalue weighted by Gasteiger charge is 2.46. The van der Waals surface area contributed by atoms with E-state index < -0.39 is 18.1 Å². The van der Waals surface area contributed by atoms with Crippen LogP contribution in [0.25, 0.3) is 0 Å². The first-order chi connectivity index (χ1) is 7.38. The first kappa shape index (κ1) is 13.5. The largest absolute Gasteiger partial charge is 0.471 e. The second kappa shape index (κ2) is 5.16. The number of piperidine rings is 1. The molecule has 0 aromatic carbocycles. The molecule has 0 aromatic rings. The zero-order valence-corrected chi connectivity index (χ0v) is 9.97. The van der Waals surface area contributed by atoms with Crippen LogP contribution in [0, 0.1) is 0 Å². The van der Waals surface area contributed by atoms with Gasteiger partial charge in [0, 0.05) is 6.54 Å². The summed E-state index contributed by atoms with van der Waals surface area (Å²) >= 11 is 2.91. The van der Waals surface area contributed by atoms with E-state index in [-0.39, 0.29) is 17.7 Å². The van der Waals surface area contributed by atoms with Crippen molar-refractivity contribution in [3.8, 4) is 0 Å². The number of halogens is 4. The van der Waals surface area contributed by atoms with E-state index in [0.29, 0.717) is 24.2 Å². The van der Waals surface area contributed by atoms with E-state index in [1.165, 1.54) is 0 Å². The summed E-state index contributed by atoms with van der Waals surface area (Å²) in [5.41, 5.74) is 0. The van der Waals surface area contributed by atoms with Crippen LogP contribution in [-0.4, -0.2) is 40.7 Å². The third-order valence-corrected chi connectivity index (χ3v) is 3.06. The SMILES string of the molecule is O=C(CBr)C1CCCCN1C(=O)C(F)(F)F. The van der Waals surface area contributed by atoms with Crippen LogP contribution in [0.4, 0.5) is 13.2 Å². The quantitative estimate of drug-likeness (QED) is 0.731. The fraction of sp³-hybridized carbons (Fsp3) is 0.778. The molecule has 1 aliphatic rings. The van der Waals surface area contributed by atoms with Crippen LogP contribution in [0.15, 0.2) is 0 Å².